The Hall–Kier alpha value is -3.61. The van der Waals surface area contributed by atoms with Crippen molar-refractivity contribution in [2.75, 3.05) is 36.0 Å². The number of nitrogens with zero attached hydrogens (tertiary/aromatic N) is 4. The molecule has 0 bridgehead atoms. The summed E-state index contributed by atoms with van der Waals surface area (Å²) >= 11 is 0. The maximum absolute atomic E-state index is 13.5. The molecule has 7 heteroatoms. The van der Waals surface area contributed by atoms with Gasteiger partial charge in [-0.2, -0.15) is 0 Å². The van der Waals surface area contributed by atoms with Crippen LogP contribution in [0.2, 0.25) is 0 Å². The SMILES string of the molecule is CCN(CCCNC(=O)C[C@@H](C(=O)N1CCc2ccccc21)n1ccnc1)c1cccc(C)c1. The number of anilines is 2. The highest BCUT2D eigenvalue weighted by Crippen LogP contribution is 2.30. The molecule has 0 unspecified atom stereocenters. The Bertz CT molecular complexity index is 1110. The molecule has 0 aliphatic carbocycles. The fourth-order valence-electron chi connectivity index (χ4n) is 4.56. The van der Waals surface area contributed by atoms with Gasteiger partial charge in [-0.05, 0) is 56.0 Å². The monoisotopic (exact) mass is 459 g/mol. The van der Waals surface area contributed by atoms with Gasteiger partial charge in [-0.3, -0.25) is 9.59 Å². The molecule has 0 fully saturated rings. The molecule has 34 heavy (non-hydrogen) atoms. The fourth-order valence-corrected chi connectivity index (χ4v) is 4.56. The van der Waals surface area contributed by atoms with Gasteiger partial charge in [0, 0.05) is 49.9 Å². The van der Waals surface area contributed by atoms with Gasteiger partial charge in [0.2, 0.25) is 5.91 Å². The zero-order valence-electron chi connectivity index (χ0n) is 20.0. The van der Waals surface area contributed by atoms with Gasteiger partial charge in [-0.25, -0.2) is 4.98 Å². The third kappa shape index (κ3) is 5.47. The van der Waals surface area contributed by atoms with Crippen LogP contribution in [-0.4, -0.2) is 47.5 Å². The van der Waals surface area contributed by atoms with Crippen molar-refractivity contribution in [2.24, 2.45) is 0 Å². The molecule has 1 aliphatic heterocycles. The van der Waals surface area contributed by atoms with E-state index in [-0.39, 0.29) is 18.2 Å². The number of hydrogen-bond acceptors (Lipinski definition) is 4. The molecular weight excluding hydrogens is 426 g/mol. The van der Waals surface area contributed by atoms with E-state index < -0.39 is 6.04 Å². The van der Waals surface area contributed by atoms with E-state index in [4.69, 9.17) is 0 Å². The topological polar surface area (TPSA) is 70.5 Å². The lowest BCUT2D eigenvalue weighted by Gasteiger charge is -2.25. The van der Waals surface area contributed by atoms with E-state index in [1.807, 2.05) is 18.2 Å². The first-order valence-corrected chi connectivity index (χ1v) is 12.0. The van der Waals surface area contributed by atoms with Gasteiger partial charge in [0.25, 0.3) is 5.91 Å². The molecule has 178 valence electrons. The highest BCUT2D eigenvalue weighted by molar-refractivity contribution is 6.00. The van der Waals surface area contributed by atoms with Crippen LogP contribution < -0.4 is 15.1 Å². The Balaban J connectivity index is 1.33. The molecule has 3 aromatic rings. The van der Waals surface area contributed by atoms with Crippen molar-refractivity contribution in [3.63, 3.8) is 0 Å². The van der Waals surface area contributed by atoms with Gasteiger partial charge >= 0.3 is 0 Å². The number of benzene rings is 2. The molecule has 7 nitrogen and oxygen atoms in total. The maximum atomic E-state index is 13.5. The van der Waals surface area contributed by atoms with Gasteiger partial charge in [0.1, 0.15) is 6.04 Å². The van der Waals surface area contributed by atoms with Crippen LogP contribution in [0.4, 0.5) is 11.4 Å². The van der Waals surface area contributed by atoms with Gasteiger partial charge in [0.15, 0.2) is 0 Å². The quantitative estimate of drug-likeness (QED) is 0.469. The summed E-state index contributed by atoms with van der Waals surface area (Å²) in [4.78, 5) is 34.5. The van der Waals surface area contributed by atoms with Crippen LogP contribution in [0.1, 0.15) is 36.9 Å². The second-order valence-electron chi connectivity index (χ2n) is 8.72. The van der Waals surface area contributed by atoms with Crippen LogP contribution in [0.5, 0.6) is 0 Å². The van der Waals surface area contributed by atoms with Gasteiger partial charge in [0.05, 0.1) is 12.7 Å². The van der Waals surface area contributed by atoms with E-state index >= 15 is 0 Å². The number of rotatable bonds is 10. The average Bonchev–Trinajstić information content (AvgIpc) is 3.52. The van der Waals surface area contributed by atoms with Crippen molar-refractivity contribution in [1.29, 1.82) is 0 Å². The average molecular weight is 460 g/mol. The van der Waals surface area contributed by atoms with Gasteiger partial charge < -0.3 is 19.7 Å². The lowest BCUT2D eigenvalue weighted by atomic mass is 10.1. The summed E-state index contributed by atoms with van der Waals surface area (Å²) in [5, 5.41) is 3.01. The summed E-state index contributed by atoms with van der Waals surface area (Å²) in [5.41, 5.74) is 4.54. The molecule has 1 aliphatic rings. The molecule has 0 saturated heterocycles. The zero-order chi connectivity index (χ0) is 23.9. The third-order valence-corrected chi connectivity index (χ3v) is 6.38. The Morgan fingerprint density at radius 1 is 1.18 bits per heavy atom. The van der Waals surface area contributed by atoms with Gasteiger partial charge in [-0.1, -0.05) is 30.3 Å². The number of carbonyl (C=O) groups excluding carboxylic acids is 2. The van der Waals surface area contributed by atoms with Crippen LogP contribution in [-0.2, 0) is 16.0 Å². The Morgan fingerprint density at radius 3 is 2.79 bits per heavy atom. The number of fused-ring (bicyclic) bond motifs is 1. The molecule has 0 spiro atoms. The Morgan fingerprint density at radius 2 is 2.03 bits per heavy atom. The van der Waals surface area contributed by atoms with E-state index in [2.05, 4.69) is 59.4 Å². The molecule has 2 aromatic carbocycles. The number of hydrogen-bond donors (Lipinski definition) is 1. The van der Waals surface area contributed by atoms with E-state index in [1.54, 1.807) is 28.2 Å². The number of amides is 2. The number of imidazole rings is 1. The minimum Gasteiger partial charge on any atom is -0.372 e. The number of aryl methyl sites for hydroxylation is 1. The molecule has 2 amide bonds. The molecule has 1 atom stereocenters. The first-order chi connectivity index (χ1) is 16.6. The van der Waals surface area contributed by atoms with E-state index in [1.165, 1.54) is 16.8 Å². The maximum Gasteiger partial charge on any atom is 0.250 e. The smallest absolute Gasteiger partial charge is 0.250 e. The molecule has 2 heterocycles. The second-order valence-corrected chi connectivity index (χ2v) is 8.72. The molecule has 0 radical (unpaired) electrons. The number of para-hydroxylation sites is 1. The summed E-state index contributed by atoms with van der Waals surface area (Å²) in [6.45, 7) is 7.20. The molecule has 1 aromatic heterocycles. The van der Waals surface area contributed by atoms with Crippen LogP contribution in [0.15, 0.2) is 67.3 Å². The van der Waals surface area contributed by atoms with Crippen LogP contribution in [0.3, 0.4) is 0 Å². The standard InChI is InChI=1S/C27H33N5O2/c1-3-30(23-10-6-8-21(2)18-23)15-7-13-29-26(33)19-25(31-17-14-28-20-31)27(34)32-16-12-22-9-4-5-11-24(22)32/h4-6,8-11,14,17-18,20,25H,3,7,12-13,15-16,19H2,1-2H3,(H,29,33)/t25-/m0/s1. The summed E-state index contributed by atoms with van der Waals surface area (Å²) in [6, 6.07) is 15.8. The van der Waals surface area contributed by atoms with Crippen molar-refractivity contribution < 1.29 is 9.59 Å². The number of carbonyl (C=O) groups is 2. The Kier molecular flexibility index (Phi) is 7.62. The van der Waals surface area contributed by atoms with Crippen molar-refractivity contribution in [3.05, 3.63) is 78.4 Å². The lowest BCUT2D eigenvalue weighted by Crippen LogP contribution is -2.39. The molecule has 4 rings (SSSR count). The largest absolute Gasteiger partial charge is 0.372 e. The first-order valence-electron chi connectivity index (χ1n) is 12.0. The number of aromatic nitrogens is 2. The van der Waals surface area contributed by atoms with Gasteiger partial charge in [-0.15, -0.1) is 0 Å². The van der Waals surface area contributed by atoms with Crippen LogP contribution >= 0.6 is 0 Å². The highest BCUT2D eigenvalue weighted by Gasteiger charge is 2.32. The summed E-state index contributed by atoms with van der Waals surface area (Å²) in [6.07, 6.45) is 6.75. The minimum atomic E-state index is -0.618. The fraction of sp³-hybridized carbons (Fsp3) is 0.370. The summed E-state index contributed by atoms with van der Waals surface area (Å²) < 4.78 is 1.74. The van der Waals surface area contributed by atoms with Crippen LogP contribution in [0.25, 0.3) is 0 Å². The third-order valence-electron chi connectivity index (χ3n) is 6.38. The highest BCUT2D eigenvalue weighted by atomic mass is 16.2. The van der Waals surface area contributed by atoms with E-state index in [9.17, 15) is 9.59 Å². The normalized spacial score (nSPS) is 13.4. The predicted molar refractivity (Wildman–Crippen MR) is 135 cm³/mol. The molecular formula is C27H33N5O2. The lowest BCUT2D eigenvalue weighted by molar-refractivity contribution is -0.128. The minimum absolute atomic E-state index is 0.0743. The second kappa shape index (κ2) is 11.0. The van der Waals surface area contributed by atoms with Crippen molar-refractivity contribution >= 4 is 23.2 Å². The van der Waals surface area contributed by atoms with Crippen molar-refractivity contribution in [2.45, 2.75) is 39.2 Å². The molecule has 1 N–H and O–H groups in total. The summed E-state index contributed by atoms with van der Waals surface area (Å²) in [7, 11) is 0. The first kappa shape index (κ1) is 23.5. The number of nitrogens with one attached hydrogen (secondary N) is 1. The van der Waals surface area contributed by atoms with E-state index in [0.29, 0.717) is 13.1 Å². The van der Waals surface area contributed by atoms with Crippen molar-refractivity contribution in [1.82, 2.24) is 14.9 Å². The summed E-state index contributed by atoms with van der Waals surface area (Å²) in [5.74, 6) is -0.201. The Labute approximate surface area is 201 Å². The molecule has 0 saturated carbocycles. The van der Waals surface area contributed by atoms with Crippen molar-refractivity contribution in [3.8, 4) is 0 Å². The predicted octanol–water partition coefficient (Wildman–Crippen LogP) is 3.74. The van der Waals surface area contributed by atoms with Crippen LogP contribution in [0, 0.1) is 6.92 Å². The van der Waals surface area contributed by atoms with E-state index in [0.717, 1.165) is 31.6 Å². The zero-order valence-corrected chi connectivity index (χ0v) is 20.0.